The molecule has 1 unspecified atom stereocenters. The summed E-state index contributed by atoms with van der Waals surface area (Å²) in [6.45, 7) is 23.8. The molecule has 0 aromatic rings. The summed E-state index contributed by atoms with van der Waals surface area (Å²) in [4.78, 5) is 0. The molecule has 2 rings (SSSR count). The normalized spacial score (nSPS) is 31.0. The number of rotatable bonds is 12. The van der Waals surface area contributed by atoms with Crippen LogP contribution in [0.15, 0.2) is 12.7 Å². The number of hydrogen-bond donors (Lipinski definition) is 0. The Morgan fingerprint density at radius 1 is 1.23 bits per heavy atom. The molecule has 202 valence electrons. The maximum atomic E-state index is 10.2. The van der Waals surface area contributed by atoms with Crippen molar-refractivity contribution >= 4 is 8.32 Å². The maximum absolute atomic E-state index is 10.2. The Balaban J connectivity index is 2.14. The van der Waals surface area contributed by atoms with Gasteiger partial charge in [-0.1, -0.05) is 40.7 Å². The lowest BCUT2D eigenvalue weighted by Gasteiger charge is -2.44. The van der Waals surface area contributed by atoms with Crippen LogP contribution in [0.25, 0.3) is 0 Å². The van der Waals surface area contributed by atoms with Crippen molar-refractivity contribution in [3.63, 3.8) is 0 Å². The summed E-state index contributed by atoms with van der Waals surface area (Å²) in [5, 5.41) is 10.4. The van der Waals surface area contributed by atoms with Crippen LogP contribution in [0.3, 0.4) is 0 Å². The SMILES string of the molecule is C=CCCC[C@@H](C[C@H](CC)OC1(C#N)CC[C@@H](C)[C@H]([C@H]2COC(C)(C)O2)O1)O[Si](C)(C)C(C)(C)C. The molecule has 0 N–H and O–H groups in total. The highest BCUT2D eigenvalue weighted by atomic mass is 28.4. The van der Waals surface area contributed by atoms with E-state index in [0.717, 1.165) is 38.5 Å². The number of ether oxygens (including phenoxy) is 4. The molecule has 0 saturated carbocycles. The first kappa shape index (κ1) is 30.5. The lowest BCUT2D eigenvalue weighted by Crippen LogP contribution is -2.52. The fourth-order valence-corrected chi connectivity index (χ4v) is 6.06. The van der Waals surface area contributed by atoms with Crippen LogP contribution in [-0.2, 0) is 23.4 Å². The predicted molar refractivity (Wildman–Crippen MR) is 142 cm³/mol. The zero-order chi connectivity index (χ0) is 26.5. The Morgan fingerprint density at radius 2 is 1.91 bits per heavy atom. The predicted octanol–water partition coefficient (Wildman–Crippen LogP) is 7.10. The van der Waals surface area contributed by atoms with Gasteiger partial charge in [-0.15, -0.1) is 6.58 Å². The van der Waals surface area contributed by atoms with E-state index in [1.807, 2.05) is 19.9 Å². The average molecular weight is 510 g/mol. The molecule has 0 radical (unpaired) electrons. The summed E-state index contributed by atoms with van der Waals surface area (Å²) in [7, 11) is -1.95. The van der Waals surface area contributed by atoms with E-state index in [0.29, 0.717) is 13.0 Å². The maximum Gasteiger partial charge on any atom is 0.259 e. The Kier molecular flexibility index (Phi) is 10.6. The Bertz CT molecular complexity index is 728. The molecule has 7 heteroatoms. The monoisotopic (exact) mass is 509 g/mol. The van der Waals surface area contributed by atoms with Crippen LogP contribution in [0.4, 0.5) is 0 Å². The standard InChI is InChI=1S/C28H51NO5Si/c1-11-13-14-15-23(34-35(9,10)26(4,5)6)18-22(12-2)31-28(20-29)17-16-21(3)25(33-28)24-19-30-27(7,8)32-24/h11,21-25H,1,12-19H2,2-10H3/t21-,22+,23+,24-,25-,28?/m1/s1. The molecule has 2 saturated heterocycles. The van der Waals surface area contributed by atoms with Crippen LogP contribution < -0.4 is 0 Å². The molecule has 0 spiro atoms. The van der Waals surface area contributed by atoms with Crippen LogP contribution in [0.2, 0.25) is 18.1 Å². The first-order valence-corrected chi connectivity index (χ1v) is 16.5. The van der Waals surface area contributed by atoms with Crippen LogP contribution in [0.1, 0.15) is 93.4 Å². The number of nitrogens with zero attached hydrogens (tertiary/aromatic N) is 1. The molecule has 2 aliphatic heterocycles. The van der Waals surface area contributed by atoms with Gasteiger partial charge in [-0.25, -0.2) is 0 Å². The molecule has 0 aromatic heterocycles. The molecular weight excluding hydrogens is 458 g/mol. The molecule has 2 aliphatic rings. The molecule has 2 fully saturated rings. The van der Waals surface area contributed by atoms with Crippen molar-refractivity contribution < 1.29 is 23.4 Å². The van der Waals surface area contributed by atoms with Gasteiger partial charge in [0.25, 0.3) is 5.79 Å². The summed E-state index contributed by atoms with van der Waals surface area (Å²) in [6.07, 6.45) is 7.40. The van der Waals surface area contributed by atoms with Gasteiger partial charge in [0.05, 0.1) is 18.8 Å². The largest absolute Gasteiger partial charge is 0.414 e. The highest BCUT2D eigenvalue weighted by Gasteiger charge is 2.49. The second-order valence-corrected chi connectivity index (χ2v) is 17.2. The van der Waals surface area contributed by atoms with Crippen molar-refractivity contribution in [3.8, 4) is 6.07 Å². The van der Waals surface area contributed by atoms with Crippen molar-refractivity contribution in [2.45, 2.75) is 148 Å². The molecular formula is C28H51NO5Si. The van der Waals surface area contributed by atoms with Crippen molar-refractivity contribution in [3.05, 3.63) is 12.7 Å². The highest BCUT2D eigenvalue weighted by molar-refractivity contribution is 6.74. The minimum Gasteiger partial charge on any atom is -0.414 e. The van der Waals surface area contributed by atoms with Crippen molar-refractivity contribution in [1.82, 2.24) is 0 Å². The topological polar surface area (TPSA) is 69.9 Å². The van der Waals surface area contributed by atoms with E-state index < -0.39 is 19.9 Å². The van der Waals surface area contributed by atoms with Gasteiger partial charge >= 0.3 is 0 Å². The highest BCUT2D eigenvalue weighted by Crippen LogP contribution is 2.41. The van der Waals surface area contributed by atoms with Crippen molar-refractivity contribution in [2.75, 3.05) is 6.61 Å². The van der Waals surface area contributed by atoms with Gasteiger partial charge in [-0.3, -0.25) is 0 Å². The molecule has 2 heterocycles. The summed E-state index contributed by atoms with van der Waals surface area (Å²) >= 11 is 0. The van der Waals surface area contributed by atoms with E-state index in [-0.39, 0.29) is 35.4 Å². The summed E-state index contributed by atoms with van der Waals surface area (Å²) in [5.41, 5.74) is 0. The van der Waals surface area contributed by atoms with E-state index in [1.54, 1.807) is 0 Å². The van der Waals surface area contributed by atoms with Crippen molar-refractivity contribution in [2.24, 2.45) is 5.92 Å². The lowest BCUT2D eigenvalue weighted by molar-refractivity contribution is -0.294. The number of nitriles is 1. The third kappa shape index (κ3) is 8.38. The minimum absolute atomic E-state index is 0.0854. The van der Waals surface area contributed by atoms with Gasteiger partial charge in [-0.2, -0.15) is 5.26 Å². The summed E-state index contributed by atoms with van der Waals surface area (Å²) < 4.78 is 31.7. The lowest BCUT2D eigenvalue weighted by atomic mass is 9.89. The van der Waals surface area contributed by atoms with Crippen LogP contribution in [0.5, 0.6) is 0 Å². The Morgan fingerprint density at radius 3 is 2.43 bits per heavy atom. The molecule has 6 nitrogen and oxygen atoms in total. The van der Waals surface area contributed by atoms with Gasteiger partial charge in [0, 0.05) is 12.5 Å². The molecule has 0 amide bonds. The van der Waals surface area contributed by atoms with E-state index in [2.05, 4.69) is 60.4 Å². The van der Waals surface area contributed by atoms with Gasteiger partial charge < -0.3 is 23.4 Å². The summed E-state index contributed by atoms with van der Waals surface area (Å²) in [5.74, 6) is -1.64. The smallest absolute Gasteiger partial charge is 0.259 e. The third-order valence-corrected chi connectivity index (χ3v) is 12.5. The first-order chi connectivity index (χ1) is 16.2. The molecule has 35 heavy (non-hydrogen) atoms. The molecule has 0 bridgehead atoms. The van der Waals surface area contributed by atoms with E-state index in [1.165, 1.54) is 0 Å². The number of allylic oxidation sites excluding steroid dienone is 1. The fraction of sp³-hybridized carbons (Fsp3) is 0.893. The minimum atomic E-state index is -1.95. The van der Waals surface area contributed by atoms with Crippen molar-refractivity contribution in [1.29, 1.82) is 5.26 Å². The van der Waals surface area contributed by atoms with Crippen LogP contribution in [0, 0.1) is 17.2 Å². The van der Waals surface area contributed by atoms with Gasteiger partial charge in [0.1, 0.15) is 12.2 Å². The average Bonchev–Trinajstić information content (AvgIpc) is 3.13. The second-order valence-electron chi connectivity index (χ2n) is 12.4. The van der Waals surface area contributed by atoms with Crippen LogP contribution >= 0.6 is 0 Å². The molecule has 6 atom stereocenters. The van der Waals surface area contributed by atoms with E-state index in [4.69, 9.17) is 23.4 Å². The molecule has 0 aromatic carbocycles. The quantitative estimate of drug-likeness (QED) is 0.159. The number of hydrogen-bond acceptors (Lipinski definition) is 6. The van der Waals surface area contributed by atoms with Gasteiger partial charge in [-0.05, 0) is 76.4 Å². The van der Waals surface area contributed by atoms with E-state index >= 15 is 0 Å². The van der Waals surface area contributed by atoms with Gasteiger partial charge in [0.15, 0.2) is 14.1 Å². The summed E-state index contributed by atoms with van der Waals surface area (Å²) in [6, 6.07) is 2.39. The number of unbranched alkanes of at least 4 members (excludes halogenated alkanes) is 1. The van der Waals surface area contributed by atoms with E-state index in [9.17, 15) is 5.26 Å². The zero-order valence-corrected chi connectivity index (χ0v) is 24.8. The zero-order valence-electron chi connectivity index (χ0n) is 23.8. The molecule has 0 aliphatic carbocycles. The van der Waals surface area contributed by atoms with Gasteiger partial charge in [0.2, 0.25) is 0 Å². The third-order valence-electron chi connectivity index (χ3n) is 7.92. The van der Waals surface area contributed by atoms with Crippen LogP contribution in [-0.4, -0.2) is 50.9 Å². The second kappa shape index (κ2) is 12.2. The fourth-order valence-electron chi connectivity index (χ4n) is 4.66. The Hall–Kier alpha value is -0.753. The Labute approximate surface area is 215 Å². The first-order valence-electron chi connectivity index (χ1n) is 13.5.